The fraction of sp³-hybridized carbons (Fsp3) is 0.727. The molecule has 74 valence electrons. The molecule has 0 aliphatic rings. The summed E-state index contributed by atoms with van der Waals surface area (Å²) in [7, 11) is 0. The number of rotatable bonds is 1. The van der Waals surface area contributed by atoms with Crippen molar-refractivity contribution < 1.29 is 0 Å². The molecule has 1 heterocycles. The van der Waals surface area contributed by atoms with Crippen molar-refractivity contribution in [1.29, 1.82) is 0 Å². The Labute approximate surface area is 81.0 Å². The molecule has 1 aromatic rings. The predicted octanol–water partition coefficient (Wildman–Crippen LogP) is 2.82. The second-order valence-electron chi connectivity index (χ2n) is 4.61. The Morgan fingerprint density at radius 1 is 1.23 bits per heavy atom. The number of aryl methyl sites for hydroxylation is 2. The van der Waals surface area contributed by atoms with Crippen LogP contribution >= 0.6 is 0 Å². The lowest BCUT2D eigenvalue weighted by Crippen LogP contribution is -2.13. The average molecular weight is 180 g/mol. The van der Waals surface area contributed by atoms with Crippen molar-refractivity contribution in [3.05, 3.63) is 17.0 Å². The third kappa shape index (κ3) is 1.77. The first-order valence-corrected chi connectivity index (χ1v) is 4.92. The highest BCUT2D eigenvalue weighted by atomic mass is 15.3. The highest BCUT2D eigenvalue weighted by Gasteiger charge is 2.22. The maximum atomic E-state index is 4.51. The topological polar surface area (TPSA) is 17.8 Å². The Balaban J connectivity index is 3.29. The maximum Gasteiger partial charge on any atom is 0.0633 e. The molecule has 0 aromatic carbocycles. The third-order valence-electron chi connectivity index (χ3n) is 2.43. The molecule has 0 unspecified atom stereocenters. The van der Waals surface area contributed by atoms with E-state index in [9.17, 15) is 0 Å². The lowest BCUT2D eigenvalue weighted by atomic mass is 9.85. The van der Waals surface area contributed by atoms with Gasteiger partial charge in [-0.25, -0.2) is 0 Å². The van der Waals surface area contributed by atoms with E-state index in [1.165, 1.54) is 17.0 Å². The molecular weight excluding hydrogens is 160 g/mol. The normalized spacial score (nSPS) is 12.2. The molecule has 0 radical (unpaired) electrons. The van der Waals surface area contributed by atoms with Crippen molar-refractivity contribution in [2.75, 3.05) is 0 Å². The van der Waals surface area contributed by atoms with Gasteiger partial charge in [0.25, 0.3) is 0 Å². The van der Waals surface area contributed by atoms with E-state index in [4.69, 9.17) is 0 Å². The van der Waals surface area contributed by atoms with E-state index < -0.39 is 0 Å². The number of hydrogen-bond donors (Lipinski definition) is 0. The zero-order chi connectivity index (χ0) is 10.2. The summed E-state index contributed by atoms with van der Waals surface area (Å²) in [5.74, 6) is 0. The van der Waals surface area contributed by atoms with Gasteiger partial charge in [0.1, 0.15) is 0 Å². The Morgan fingerprint density at radius 2 is 1.77 bits per heavy atom. The van der Waals surface area contributed by atoms with E-state index in [0.29, 0.717) is 0 Å². The van der Waals surface area contributed by atoms with Crippen LogP contribution < -0.4 is 0 Å². The molecule has 0 aliphatic heterocycles. The van der Waals surface area contributed by atoms with Gasteiger partial charge in [-0.1, -0.05) is 20.8 Å². The third-order valence-corrected chi connectivity index (χ3v) is 2.43. The van der Waals surface area contributed by atoms with E-state index in [2.05, 4.69) is 51.3 Å². The summed E-state index contributed by atoms with van der Waals surface area (Å²) in [4.78, 5) is 0. The van der Waals surface area contributed by atoms with Gasteiger partial charge in [0.2, 0.25) is 0 Å². The van der Waals surface area contributed by atoms with Crippen molar-refractivity contribution in [3.8, 4) is 0 Å². The molecule has 1 rings (SSSR count). The van der Waals surface area contributed by atoms with Crippen molar-refractivity contribution in [2.45, 2.75) is 53.5 Å². The van der Waals surface area contributed by atoms with Crippen LogP contribution in [0, 0.1) is 13.8 Å². The maximum absolute atomic E-state index is 4.51. The minimum Gasteiger partial charge on any atom is -0.270 e. The highest BCUT2D eigenvalue weighted by molar-refractivity contribution is 5.31. The van der Waals surface area contributed by atoms with Gasteiger partial charge >= 0.3 is 0 Å². The molecular formula is C11H20N2. The molecule has 0 fully saturated rings. The van der Waals surface area contributed by atoms with Gasteiger partial charge in [0.15, 0.2) is 0 Å². The summed E-state index contributed by atoms with van der Waals surface area (Å²) in [6.07, 6.45) is 0. The summed E-state index contributed by atoms with van der Waals surface area (Å²) >= 11 is 0. The quantitative estimate of drug-likeness (QED) is 0.650. The first kappa shape index (κ1) is 10.3. The molecule has 2 heteroatoms. The molecule has 13 heavy (non-hydrogen) atoms. The summed E-state index contributed by atoms with van der Waals surface area (Å²) in [6, 6.07) is 0. The van der Waals surface area contributed by atoms with Crippen molar-refractivity contribution in [1.82, 2.24) is 9.78 Å². The van der Waals surface area contributed by atoms with Crippen LogP contribution in [0.15, 0.2) is 0 Å². The van der Waals surface area contributed by atoms with Crippen molar-refractivity contribution in [2.24, 2.45) is 0 Å². The van der Waals surface area contributed by atoms with Gasteiger partial charge in [-0.3, -0.25) is 4.68 Å². The number of hydrogen-bond acceptors (Lipinski definition) is 1. The van der Waals surface area contributed by atoms with Crippen LogP contribution in [0.2, 0.25) is 0 Å². The lowest BCUT2D eigenvalue weighted by molar-refractivity contribution is 0.576. The van der Waals surface area contributed by atoms with Crippen LogP contribution in [0.5, 0.6) is 0 Å². The van der Waals surface area contributed by atoms with Crippen LogP contribution in [-0.4, -0.2) is 9.78 Å². The molecule has 0 aliphatic carbocycles. The zero-order valence-electron chi connectivity index (χ0n) is 9.60. The Morgan fingerprint density at radius 3 is 2.00 bits per heavy atom. The van der Waals surface area contributed by atoms with Gasteiger partial charge in [-0.15, -0.1) is 0 Å². The molecule has 0 bridgehead atoms. The average Bonchev–Trinajstić information content (AvgIpc) is 2.24. The van der Waals surface area contributed by atoms with Crippen LogP contribution in [0.1, 0.15) is 44.6 Å². The fourth-order valence-corrected chi connectivity index (χ4v) is 2.09. The molecule has 0 spiro atoms. The van der Waals surface area contributed by atoms with Gasteiger partial charge in [-0.2, -0.15) is 5.10 Å². The van der Waals surface area contributed by atoms with Crippen LogP contribution in [0.3, 0.4) is 0 Å². The Kier molecular flexibility index (Phi) is 2.51. The van der Waals surface area contributed by atoms with Crippen LogP contribution in [0.25, 0.3) is 0 Å². The number of aromatic nitrogens is 2. The first-order valence-electron chi connectivity index (χ1n) is 4.92. The summed E-state index contributed by atoms with van der Waals surface area (Å²) in [5.41, 5.74) is 4.09. The van der Waals surface area contributed by atoms with E-state index in [0.717, 1.165) is 6.54 Å². The van der Waals surface area contributed by atoms with Gasteiger partial charge in [0.05, 0.1) is 5.69 Å². The first-order chi connectivity index (χ1) is 5.88. The van der Waals surface area contributed by atoms with E-state index in [-0.39, 0.29) is 5.41 Å². The van der Waals surface area contributed by atoms with E-state index >= 15 is 0 Å². The molecule has 0 atom stereocenters. The molecule has 0 saturated heterocycles. The molecule has 0 N–H and O–H groups in total. The smallest absolute Gasteiger partial charge is 0.0633 e. The molecule has 1 aromatic heterocycles. The van der Waals surface area contributed by atoms with Gasteiger partial charge in [0, 0.05) is 17.8 Å². The van der Waals surface area contributed by atoms with E-state index in [1.807, 2.05) is 0 Å². The minimum atomic E-state index is 0.210. The molecule has 0 amide bonds. The Hall–Kier alpha value is -0.790. The van der Waals surface area contributed by atoms with Crippen molar-refractivity contribution >= 4 is 0 Å². The molecule has 2 nitrogen and oxygen atoms in total. The van der Waals surface area contributed by atoms with Crippen molar-refractivity contribution in [3.63, 3.8) is 0 Å². The predicted molar refractivity (Wildman–Crippen MR) is 56.1 cm³/mol. The van der Waals surface area contributed by atoms with Crippen LogP contribution in [-0.2, 0) is 12.0 Å². The SMILES string of the molecule is CCn1nc(C)c(C(C)(C)C)c1C. The van der Waals surface area contributed by atoms with Gasteiger partial charge < -0.3 is 0 Å². The summed E-state index contributed by atoms with van der Waals surface area (Å²) in [5, 5.41) is 4.51. The largest absolute Gasteiger partial charge is 0.270 e. The van der Waals surface area contributed by atoms with Crippen LogP contribution in [0.4, 0.5) is 0 Å². The molecule has 0 saturated carbocycles. The fourth-order valence-electron chi connectivity index (χ4n) is 2.09. The zero-order valence-corrected chi connectivity index (χ0v) is 9.60. The Bertz CT molecular complexity index is 303. The second-order valence-corrected chi connectivity index (χ2v) is 4.61. The van der Waals surface area contributed by atoms with E-state index in [1.54, 1.807) is 0 Å². The minimum absolute atomic E-state index is 0.210. The standard InChI is InChI=1S/C11H20N2/c1-7-13-9(3)10(8(2)12-13)11(4,5)6/h7H2,1-6H3. The monoisotopic (exact) mass is 180 g/mol. The highest BCUT2D eigenvalue weighted by Crippen LogP contribution is 2.28. The second kappa shape index (κ2) is 3.17. The summed E-state index contributed by atoms with van der Waals surface area (Å²) < 4.78 is 2.08. The lowest BCUT2D eigenvalue weighted by Gasteiger charge is -2.19. The van der Waals surface area contributed by atoms with Gasteiger partial charge in [-0.05, 0) is 26.2 Å². The summed E-state index contributed by atoms with van der Waals surface area (Å²) in [6.45, 7) is 14.1. The number of nitrogens with zero attached hydrogens (tertiary/aromatic N) is 2.